The molecule has 0 aromatic carbocycles. The maximum atomic E-state index is 12.1. The van der Waals surface area contributed by atoms with Crippen LogP contribution in [0.5, 0.6) is 0 Å². The first kappa shape index (κ1) is 19.0. The van der Waals surface area contributed by atoms with Gasteiger partial charge in [-0.1, -0.05) is 31.0 Å². The van der Waals surface area contributed by atoms with Gasteiger partial charge in [0.25, 0.3) is 5.91 Å². The molecule has 1 aliphatic heterocycles. The lowest BCUT2D eigenvalue weighted by molar-refractivity contribution is -0.119. The summed E-state index contributed by atoms with van der Waals surface area (Å²) in [4.78, 5) is 43.5. The molecule has 1 aliphatic carbocycles. The van der Waals surface area contributed by atoms with Crippen molar-refractivity contribution in [2.75, 3.05) is 5.75 Å². The zero-order valence-corrected chi connectivity index (χ0v) is 15.3. The van der Waals surface area contributed by atoms with Crippen molar-refractivity contribution < 1.29 is 18.8 Å². The lowest BCUT2D eigenvalue weighted by Gasteiger charge is -2.22. The fourth-order valence-electron chi connectivity index (χ4n) is 2.83. The standard InChI is InChI=1S/C17H19N5O4S/c18-14-13(20-15(24)11-7-4-8-26-11)16(25)22-17(21-14)27-9-12(23)19-10-5-2-1-3-6-10/h4,7-8,10H,1-3,5-6,9H2,(H,19,23)(H2,18,21,22,25). The molecule has 3 amide bonds. The van der Waals surface area contributed by atoms with Crippen molar-refractivity contribution >= 4 is 46.2 Å². The summed E-state index contributed by atoms with van der Waals surface area (Å²) >= 11 is 1.03. The molecule has 1 saturated carbocycles. The van der Waals surface area contributed by atoms with E-state index >= 15 is 0 Å². The molecule has 142 valence electrons. The van der Waals surface area contributed by atoms with Crippen LogP contribution >= 0.6 is 11.8 Å². The third-order valence-corrected chi connectivity index (χ3v) is 5.00. The molecule has 0 atom stereocenters. The smallest absolute Gasteiger partial charge is 0.313 e. The SMILES string of the molecule is N=C1N=C(SCC(=O)NC2CCCCC2)NC(=O)C1=NC(=O)c1ccco1. The van der Waals surface area contributed by atoms with Gasteiger partial charge >= 0.3 is 5.91 Å². The van der Waals surface area contributed by atoms with Crippen molar-refractivity contribution in [3.05, 3.63) is 24.2 Å². The molecule has 1 fully saturated rings. The number of aliphatic imine (C=N–C) groups is 2. The van der Waals surface area contributed by atoms with Gasteiger partial charge in [0.05, 0.1) is 12.0 Å². The number of furan rings is 1. The van der Waals surface area contributed by atoms with E-state index in [0.717, 1.165) is 37.4 Å². The Labute approximate surface area is 159 Å². The molecule has 1 aromatic heterocycles. The van der Waals surface area contributed by atoms with Gasteiger partial charge in [0.15, 0.2) is 22.5 Å². The van der Waals surface area contributed by atoms with Gasteiger partial charge in [-0.25, -0.2) is 4.99 Å². The summed E-state index contributed by atoms with van der Waals surface area (Å²) in [5, 5.41) is 13.4. The molecule has 0 radical (unpaired) electrons. The van der Waals surface area contributed by atoms with Gasteiger partial charge in [0.2, 0.25) is 5.91 Å². The zero-order chi connectivity index (χ0) is 19.2. The van der Waals surface area contributed by atoms with Crippen molar-refractivity contribution in [2.45, 2.75) is 38.1 Å². The predicted molar refractivity (Wildman–Crippen MR) is 101 cm³/mol. The fraction of sp³-hybridized carbons (Fsp3) is 0.412. The Morgan fingerprint density at radius 2 is 2.15 bits per heavy atom. The maximum absolute atomic E-state index is 12.1. The van der Waals surface area contributed by atoms with Gasteiger partial charge in [-0.05, 0) is 25.0 Å². The van der Waals surface area contributed by atoms with Crippen LogP contribution in [0.15, 0.2) is 32.8 Å². The second-order valence-electron chi connectivity index (χ2n) is 6.15. The van der Waals surface area contributed by atoms with E-state index in [9.17, 15) is 14.4 Å². The zero-order valence-electron chi connectivity index (χ0n) is 14.5. The monoisotopic (exact) mass is 389 g/mol. The first-order valence-corrected chi connectivity index (χ1v) is 9.59. The van der Waals surface area contributed by atoms with Crippen molar-refractivity contribution in [3.63, 3.8) is 0 Å². The number of carbonyl (C=O) groups excluding carboxylic acids is 3. The number of amidine groups is 2. The van der Waals surface area contributed by atoms with Gasteiger partial charge in [0, 0.05) is 6.04 Å². The van der Waals surface area contributed by atoms with Gasteiger partial charge in [-0.15, -0.1) is 0 Å². The highest BCUT2D eigenvalue weighted by molar-refractivity contribution is 8.14. The summed E-state index contributed by atoms with van der Waals surface area (Å²) in [7, 11) is 0. The average Bonchev–Trinajstić information content (AvgIpc) is 3.18. The Morgan fingerprint density at radius 3 is 2.81 bits per heavy atom. The number of nitrogens with zero attached hydrogens (tertiary/aromatic N) is 2. The van der Waals surface area contributed by atoms with Crippen molar-refractivity contribution in [1.29, 1.82) is 5.41 Å². The highest BCUT2D eigenvalue weighted by atomic mass is 32.2. The summed E-state index contributed by atoms with van der Waals surface area (Å²) in [6, 6.07) is 3.14. The van der Waals surface area contributed by atoms with E-state index in [0.29, 0.717) is 0 Å². The second-order valence-corrected chi connectivity index (χ2v) is 7.12. The number of thioether (sulfide) groups is 1. The molecular weight excluding hydrogens is 370 g/mol. The van der Waals surface area contributed by atoms with Crippen molar-refractivity contribution in [3.8, 4) is 0 Å². The van der Waals surface area contributed by atoms with Crippen LogP contribution in [-0.2, 0) is 9.59 Å². The van der Waals surface area contributed by atoms with Crippen LogP contribution in [0.3, 0.4) is 0 Å². The largest absolute Gasteiger partial charge is 0.459 e. The van der Waals surface area contributed by atoms with Crippen LogP contribution < -0.4 is 10.6 Å². The molecule has 0 saturated heterocycles. The molecule has 3 rings (SSSR count). The van der Waals surface area contributed by atoms with Gasteiger partial charge < -0.3 is 9.73 Å². The number of rotatable bonds is 4. The minimum Gasteiger partial charge on any atom is -0.459 e. The number of carbonyl (C=O) groups is 3. The molecule has 10 heteroatoms. The molecular formula is C17H19N5O4S. The number of amides is 3. The fourth-order valence-corrected chi connectivity index (χ4v) is 3.50. The minimum atomic E-state index is -0.770. The molecule has 27 heavy (non-hydrogen) atoms. The van der Waals surface area contributed by atoms with Crippen molar-refractivity contribution in [1.82, 2.24) is 10.6 Å². The molecule has 0 unspecified atom stereocenters. The van der Waals surface area contributed by atoms with Crippen LogP contribution in [0.4, 0.5) is 0 Å². The van der Waals surface area contributed by atoms with Crippen LogP contribution in [-0.4, -0.2) is 46.2 Å². The van der Waals surface area contributed by atoms with Gasteiger partial charge in [-0.2, -0.15) is 4.99 Å². The summed E-state index contributed by atoms with van der Waals surface area (Å²) in [6.45, 7) is 0. The third kappa shape index (κ3) is 5.13. The van der Waals surface area contributed by atoms with E-state index in [1.165, 1.54) is 24.8 Å². The van der Waals surface area contributed by atoms with E-state index in [2.05, 4.69) is 20.6 Å². The number of hydrogen-bond donors (Lipinski definition) is 3. The van der Waals surface area contributed by atoms with E-state index in [1.807, 2.05) is 0 Å². The molecule has 0 spiro atoms. The molecule has 2 heterocycles. The van der Waals surface area contributed by atoms with E-state index in [4.69, 9.17) is 9.83 Å². The Kier molecular flexibility index (Phi) is 6.17. The first-order chi connectivity index (χ1) is 13.0. The van der Waals surface area contributed by atoms with E-state index < -0.39 is 23.4 Å². The van der Waals surface area contributed by atoms with Crippen molar-refractivity contribution in [2.24, 2.45) is 9.98 Å². The maximum Gasteiger partial charge on any atom is 0.313 e. The summed E-state index contributed by atoms with van der Waals surface area (Å²) in [6.07, 6.45) is 6.74. The van der Waals surface area contributed by atoms with Crippen LogP contribution in [0.2, 0.25) is 0 Å². The van der Waals surface area contributed by atoms with Gasteiger partial charge in [0.1, 0.15) is 0 Å². The predicted octanol–water partition coefficient (Wildman–Crippen LogP) is 1.51. The summed E-state index contributed by atoms with van der Waals surface area (Å²) in [5.74, 6) is -2.01. The second kappa shape index (κ2) is 8.76. The topological polar surface area (TPSA) is 137 Å². The highest BCUT2D eigenvalue weighted by Gasteiger charge is 2.27. The minimum absolute atomic E-state index is 0.0355. The Balaban J connectivity index is 1.55. The lowest BCUT2D eigenvalue weighted by atomic mass is 9.95. The lowest BCUT2D eigenvalue weighted by Crippen LogP contribution is -2.44. The number of nitrogens with one attached hydrogen (secondary N) is 3. The third-order valence-electron chi connectivity index (χ3n) is 4.13. The molecule has 3 N–H and O–H groups in total. The Hall–Kier alpha value is -2.75. The molecule has 0 bridgehead atoms. The van der Waals surface area contributed by atoms with E-state index in [-0.39, 0.29) is 28.6 Å². The Bertz CT molecular complexity index is 809. The summed E-state index contributed by atoms with van der Waals surface area (Å²) < 4.78 is 4.91. The highest BCUT2D eigenvalue weighted by Crippen LogP contribution is 2.17. The van der Waals surface area contributed by atoms with Crippen LogP contribution in [0, 0.1) is 5.41 Å². The number of hydrogen-bond acceptors (Lipinski definition) is 6. The van der Waals surface area contributed by atoms with Crippen LogP contribution in [0.25, 0.3) is 0 Å². The van der Waals surface area contributed by atoms with Gasteiger partial charge in [-0.3, -0.25) is 25.1 Å². The summed E-state index contributed by atoms with van der Waals surface area (Å²) in [5.41, 5.74) is -0.396. The average molecular weight is 389 g/mol. The molecule has 9 nitrogen and oxygen atoms in total. The normalized spacial score (nSPS) is 19.6. The molecule has 2 aliphatic rings. The van der Waals surface area contributed by atoms with Crippen LogP contribution in [0.1, 0.15) is 42.7 Å². The first-order valence-electron chi connectivity index (χ1n) is 8.60. The quantitative estimate of drug-likeness (QED) is 0.717. The Morgan fingerprint density at radius 1 is 1.37 bits per heavy atom. The molecule has 1 aromatic rings. The van der Waals surface area contributed by atoms with E-state index in [1.54, 1.807) is 0 Å².